The standard InChI is InChI=1S/C46H89N2O54P/c1-3-5-7-9-11-13-15-17-19-21-23-25-27-29-31-33-44(49)55-41-43(60-45(50)34-32-30-28-26-24-22-20-18-16-14-12-10-8-6-4-2)42-59-103(52,53)58-38-36-48-46(51)54-39-40-57-62-64-66-68-70-72-74-76-78-80-82-84-86-88-90-92-94-96-98-100-102-101-99-97-95-93-91-89-87-85-83-81-79-77-75-73-71-69-67-65-63-61-56-37-35-47/h35,37,43H,3-34,36,38-42,47H2,1-2H3,(H,48,51)(H,52,53)/t43-/m1/s1. The van der Waals surface area contributed by atoms with Crippen molar-refractivity contribution in [1.29, 1.82) is 0 Å². The van der Waals surface area contributed by atoms with Crippen molar-refractivity contribution in [2.75, 3.05) is 39.6 Å². The number of nitrogens with one attached hydrogen (secondary N) is 1. The third kappa shape index (κ3) is 85.1. The van der Waals surface area contributed by atoms with Crippen LogP contribution in [0.15, 0.2) is 12.5 Å². The fourth-order valence-electron chi connectivity index (χ4n) is 7.23. The van der Waals surface area contributed by atoms with Crippen molar-refractivity contribution in [3.8, 4) is 0 Å². The van der Waals surface area contributed by atoms with Gasteiger partial charge in [0, 0.05) is 197 Å². The monoisotopic (exact) mass is 1560 g/mol. The molecule has 0 rings (SSSR count). The predicted octanol–water partition coefficient (Wildman–Crippen LogP) is 9.33. The minimum Gasteiger partial charge on any atom is -0.462 e. The molecule has 2 atom stereocenters. The van der Waals surface area contributed by atoms with Crippen LogP contribution in [0.4, 0.5) is 4.79 Å². The molecule has 1 unspecified atom stereocenters. The molecule has 1 amide bonds. The third-order valence-electron chi connectivity index (χ3n) is 11.5. The number of carbonyl (C=O) groups is 3. The average Bonchev–Trinajstić information content (AvgIpc) is 0.953. The summed E-state index contributed by atoms with van der Waals surface area (Å²) in [4.78, 5) is 56.3. The van der Waals surface area contributed by atoms with Gasteiger partial charge in [0.2, 0.25) is 0 Å². The van der Waals surface area contributed by atoms with E-state index in [0.717, 1.165) is 57.4 Å². The highest BCUT2D eigenvalue weighted by Crippen LogP contribution is 2.43. The number of unbranched alkanes of at least 4 members (excludes halogenated alkanes) is 28. The van der Waals surface area contributed by atoms with Gasteiger partial charge in [0.25, 0.3) is 0 Å². The Kier molecular flexibility index (Phi) is 81.8. The number of alkyl carbamates (subject to hydrolysis) is 1. The third-order valence-corrected chi connectivity index (χ3v) is 12.5. The summed E-state index contributed by atoms with van der Waals surface area (Å²) in [7, 11) is -4.77. The number of esters is 2. The molecule has 0 radical (unpaired) electrons. The molecule has 0 aromatic heterocycles. The van der Waals surface area contributed by atoms with Crippen molar-refractivity contribution in [3.05, 3.63) is 12.5 Å². The fraction of sp³-hybridized carbons (Fsp3) is 0.891. The summed E-state index contributed by atoms with van der Waals surface area (Å²) in [5.41, 5.74) is 4.88. The number of amides is 1. The van der Waals surface area contributed by atoms with Crippen LogP contribution >= 0.6 is 7.82 Å². The van der Waals surface area contributed by atoms with Crippen molar-refractivity contribution in [2.45, 2.75) is 225 Å². The van der Waals surface area contributed by atoms with Gasteiger partial charge in [-0.15, -0.1) is 0 Å². The maximum atomic E-state index is 12.9. The maximum Gasteiger partial charge on any atom is 0.472 e. The van der Waals surface area contributed by atoms with Crippen LogP contribution in [-0.4, -0.2) is 68.6 Å². The molecule has 0 aromatic carbocycles. The molecule has 612 valence electrons. The van der Waals surface area contributed by atoms with Crippen molar-refractivity contribution in [1.82, 2.24) is 5.32 Å². The SMILES string of the molecule is CCCCCCCCCCCCCCCCCC(=O)OC[C@H](COP(=O)(O)OCCNC(=O)OCCOOOOOOOOOOOOOOOOOOOOOOOOOOOOOOOOOOOOOOOOOOOOC=CN)OC(=O)CCCCCCCCCCCCCCCCC. The number of phosphoric acid groups is 1. The zero-order chi connectivity index (χ0) is 74.4. The van der Waals surface area contributed by atoms with Crippen LogP contribution in [0.25, 0.3) is 0 Å². The van der Waals surface area contributed by atoms with E-state index in [2.05, 4.69) is 241 Å². The molecule has 0 saturated heterocycles. The molecule has 0 heterocycles. The van der Waals surface area contributed by atoms with Gasteiger partial charge in [0.1, 0.15) is 26.1 Å². The van der Waals surface area contributed by atoms with Gasteiger partial charge in [-0.2, -0.15) is 0 Å². The van der Waals surface area contributed by atoms with E-state index in [-0.39, 0.29) is 19.4 Å². The zero-order valence-electron chi connectivity index (χ0n) is 55.7. The Morgan fingerprint density at radius 3 is 0.932 bits per heavy atom. The Morgan fingerprint density at radius 1 is 0.340 bits per heavy atom. The summed E-state index contributed by atoms with van der Waals surface area (Å²) in [6.07, 6.45) is 35.1. The quantitative estimate of drug-likeness (QED) is 0.00970. The van der Waals surface area contributed by atoms with Gasteiger partial charge >= 0.3 is 25.9 Å². The van der Waals surface area contributed by atoms with Gasteiger partial charge in [-0.05, 0) is 53.1 Å². The molecule has 0 bridgehead atoms. The van der Waals surface area contributed by atoms with Gasteiger partial charge in [-0.3, -0.25) is 18.6 Å². The van der Waals surface area contributed by atoms with E-state index in [1.165, 1.54) is 135 Å². The second-order valence-corrected chi connectivity index (χ2v) is 20.4. The molecule has 4 N–H and O–H groups in total. The number of phosphoric ester groups is 1. The van der Waals surface area contributed by atoms with Crippen molar-refractivity contribution < 1.29 is 268 Å². The van der Waals surface area contributed by atoms with Crippen LogP contribution in [0.2, 0.25) is 0 Å². The smallest absolute Gasteiger partial charge is 0.462 e. The Morgan fingerprint density at radius 2 is 0.621 bits per heavy atom. The maximum absolute atomic E-state index is 12.9. The van der Waals surface area contributed by atoms with Crippen LogP contribution in [0.1, 0.15) is 219 Å². The first-order valence-electron chi connectivity index (χ1n) is 31.3. The van der Waals surface area contributed by atoms with Crippen LogP contribution in [0, 0.1) is 0 Å². The highest BCUT2D eigenvalue weighted by molar-refractivity contribution is 7.47. The molecule has 57 heteroatoms. The molecule has 0 aromatic rings. The molecule has 0 aliphatic heterocycles. The van der Waals surface area contributed by atoms with Crippen molar-refractivity contribution in [3.63, 3.8) is 0 Å². The van der Waals surface area contributed by atoms with E-state index in [9.17, 15) is 23.8 Å². The van der Waals surface area contributed by atoms with Crippen LogP contribution in [0.3, 0.4) is 0 Å². The molecule has 103 heavy (non-hydrogen) atoms. The van der Waals surface area contributed by atoms with E-state index < -0.39 is 65.0 Å². The molecular formula is C46H89N2O54P. The second-order valence-electron chi connectivity index (χ2n) is 19.0. The molecule has 0 aliphatic carbocycles. The summed E-state index contributed by atoms with van der Waals surface area (Å²) in [5.74, 6) is -1.06. The molecule has 0 aliphatic rings. The van der Waals surface area contributed by atoms with E-state index in [0.29, 0.717) is 12.8 Å². The van der Waals surface area contributed by atoms with Crippen LogP contribution < -0.4 is 11.1 Å². The molecular weight excluding hydrogens is 1480 g/mol. The molecule has 0 saturated carbocycles. The lowest BCUT2D eigenvalue weighted by molar-refractivity contribution is -0.909. The fourth-order valence-corrected chi connectivity index (χ4v) is 7.98. The summed E-state index contributed by atoms with van der Waals surface area (Å²) in [6.45, 7) is 1.71. The number of rotatable bonds is 89. The van der Waals surface area contributed by atoms with E-state index in [1.54, 1.807) is 0 Å². The summed E-state index contributed by atoms with van der Waals surface area (Å²) < 4.78 is 38.4. The number of nitrogens with two attached hydrogens (primary N) is 1. The van der Waals surface area contributed by atoms with Gasteiger partial charge < -0.3 is 35.0 Å². The first kappa shape index (κ1) is 98.9. The summed E-state index contributed by atoms with van der Waals surface area (Å²) in [5, 5.41) is 154. The largest absolute Gasteiger partial charge is 0.472 e. The van der Waals surface area contributed by atoms with E-state index >= 15 is 0 Å². The lowest BCUT2D eigenvalue weighted by Gasteiger charge is -2.20. The normalized spacial score (nSPS) is 12.5. The van der Waals surface area contributed by atoms with E-state index in [1.807, 2.05) is 0 Å². The highest BCUT2D eigenvalue weighted by Gasteiger charge is 2.26. The Labute approximate surface area is 582 Å². The molecule has 56 nitrogen and oxygen atoms in total. The van der Waals surface area contributed by atoms with Gasteiger partial charge in [-0.25, -0.2) is 14.2 Å². The van der Waals surface area contributed by atoms with Crippen LogP contribution in [-0.2, 0) is 259 Å². The number of hydrogen-bond donors (Lipinski definition) is 3. The minimum atomic E-state index is -4.77. The summed E-state index contributed by atoms with van der Waals surface area (Å²) >= 11 is 0. The molecule has 0 fully saturated rings. The van der Waals surface area contributed by atoms with Crippen LogP contribution in [0.5, 0.6) is 0 Å². The first-order valence-corrected chi connectivity index (χ1v) is 32.8. The van der Waals surface area contributed by atoms with Gasteiger partial charge in [0.05, 0.1) is 13.2 Å². The minimum absolute atomic E-state index is 0.109. The topological polar surface area (TPSA) is 579 Å². The van der Waals surface area contributed by atoms with Gasteiger partial charge in [0.15, 0.2) is 6.10 Å². The summed E-state index contributed by atoms with van der Waals surface area (Å²) in [6, 6.07) is 0. The lowest BCUT2D eigenvalue weighted by Crippen LogP contribution is -2.30. The lowest BCUT2D eigenvalue weighted by atomic mass is 10.0. The Hall–Kier alpha value is -4.06. The highest BCUT2D eigenvalue weighted by atomic mass is 31.2. The predicted molar refractivity (Wildman–Crippen MR) is 287 cm³/mol. The number of ether oxygens (including phenoxy) is 3. The molecule has 0 spiro atoms. The Balaban J connectivity index is 3.90. The Bertz CT molecular complexity index is 1820. The number of hydrogen-bond acceptors (Lipinski definition) is 54. The van der Waals surface area contributed by atoms with Gasteiger partial charge in [-0.1, -0.05) is 194 Å². The average molecular weight is 1570 g/mol. The first-order chi connectivity index (χ1) is 50.7. The number of carbonyl (C=O) groups excluding carboxylic acids is 3. The van der Waals surface area contributed by atoms with E-state index in [4.69, 9.17) is 29.0 Å². The second kappa shape index (κ2) is 85.2. The van der Waals surface area contributed by atoms with Crippen molar-refractivity contribution in [2.24, 2.45) is 5.73 Å². The zero-order valence-corrected chi connectivity index (χ0v) is 56.6. The van der Waals surface area contributed by atoms with Crippen molar-refractivity contribution >= 4 is 25.9 Å².